The highest BCUT2D eigenvalue weighted by atomic mass is 32.1. The van der Waals surface area contributed by atoms with Gasteiger partial charge >= 0.3 is 0 Å². The summed E-state index contributed by atoms with van der Waals surface area (Å²) in [6.45, 7) is 1.72. The molecule has 0 aliphatic carbocycles. The quantitative estimate of drug-likeness (QED) is 0.547. The standard InChI is InChI=1S/C18H16N8OS/c27-17-10-25(7-6-19-17)15-3-1-13(9-20-15)21-14-2-4-16-22-23-18(26(16)24-14)12-5-8-28-11-12/h1-5,8-9,11H,6-7,10H2,(H,19,27)(H,21,24). The molecule has 0 saturated carbocycles. The summed E-state index contributed by atoms with van der Waals surface area (Å²) in [7, 11) is 0. The topological polar surface area (TPSA) is 100 Å². The number of piperazine rings is 1. The van der Waals surface area contributed by atoms with E-state index in [1.807, 2.05) is 46.0 Å². The molecule has 5 rings (SSSR count). The van der Waals surface area contributed by atoms with Crippen molar-refractivity contribution in [3.8, 4) is 11.4 Å². The zero-order valence-corrected chi connectivity index (χ0v) is 15.6. The van der Waals surface area contributed by atoms with Crippen molar-refractivity contribution < 1.29 is 4.79 Å². The van der Waals surface area contributed by atoms with Crippen molar-refractivity contribution in [1.82, 2.24) is 30.1 Å². The molecule has 0 aromatic carbocycles. The number of thiophene rings is 1. The van der Waals surface area contributed by atoms with Crippen molar-refractivity contribution in [2.75, 3.05) is 29.9 Å². The second kappa shape index (κ2) is 6.89. The van der Waals surface area contributed by atoms with Crippen molar-refractivity contribution in [3.05, 3.63) is 47.3 Å². The van der Waals surface area contributed by atoms with Gasteiger partial charge in [0.05, 0.1) is 18.4 Å². The van der Waals surface area contributed by atoms with Crippen LogP contribution in [0.1, 0.15) is 0 Å². The lowest BCUT2D eigenvalue weighted by molar-refractivity contribution is -0.120. The van der Waals surface area contributed by atoms with Crippen LogP contribution in [0.4, 0.5) is 17.3 Å². The van der Waals surface area contributed by atoms with Crippen molar-refractivity contribution >= 4 is 40.2 Å². The molecule has 2 N–H and O–H groups in total. The van der Waals surface area contributed by atoms with Crippen molar-refractivity contribution in [1.29, 1.82) is 0 Å². The maximum Gasteiger partial charge on any atom is 0.239 e. The Morgan fingerprint density at radius 1 is 1.14 bits per heavy atom. The molecule has 4 aromatic rings. The van der Waals surface area contributed by atoms with Crippen LogP contribution in [0.15, 0.2) is 47.3 Å². The fourth-order valence-electron chi connectivity index (χ4n) is 3.06. The third-order valence-electron chi connectivity index (χ3n) is 4.42. The highest BCUT2D eigenvalue weighted by Gasteiger charge is 2.17. The van der Waals surface area contributed by atoms with Gasteiger partial charge in [0.15, 0.2) is 17.3 Å². The molecular formula is C18H16N8OS. The summed E-state index contributed by atoms with van der Waals surface area (Å²) in [5.74, 6) is 2.16. The van der Waals surface area contributed by atoms with Gasteiger partial charge in [0, 0.05) is 24.0 Å². The predicted octanol–water partition coefficient (Wildman–Crippen LogP) is 1.93. The molecule has 28 heavy (non-hydrogen) atoms. The Bertz CT molecular complexity index is 1120. The van der Waals surface area contributed by atoms with Crippen LogP contribution in [0.2, 0.25) is 0 Å². The summed E-state index contributed by atoms with van der Waals surface area (Å²) in [5.41, 5.74) is 2.48. The van der Waals surface area contributed by atoms with Gasteiger partial charge in [-0.15, -0.1) is 15.3 Å². The largest absolute Gasteiger partial charge is 0.353 e. The van der Waals surface area contributed by atoms with Crippen LogP contribution in [0, 0.1) is 0 Å². The monoisotopic (exact) mass is 392 g/mol. The Kier molecular flexibility index (Phi) is 4.09. The molecule has 1 aliphatic heterocycles. The molecule has 1 saturated heterocycles. The molecule has 10 heteroatoms. The number of nitrogens with zero attached hydrogens (tertiary/aromatic N) is 6. The highest BCUT2D eigenvalue weighted by Crippen LogP contribution is 2.22. The summed E-state index contributed by atoms with van der Waals surface area (Å²) in [6, 6.07) is 9.53. The first kappa shape index (κ1) is 16.6. The second-order valence-corrected chi connectivity index (χ2v) is 7.11. The van der Waals surface area contributed by atoms with Gasteiger partial charge < -0.3 is 15.5 Å². The fraction of sp³-hybridized carbons (Fsp3) is 0.167. The van der Waals surface area contributed by atoms with Crippen LogP contribution < -0.4 is 15.5 Å². The van der Waals surface area contributed by atoms with Crippen LogP contribution in [0.5, 0.6) is 0 Å². The molecule has 1 amide bonds. The van der Waals surface area contributed by atoms with E-state index in [4.69, 9.17) is 0 Å². The van der Waals surface area contributed by atoms with Crippen LogP contribution in [-0.4, -0.2) is 50.3 Å². The first-order chi connectivity index (χ1) is 13.8. The lowest BCUT2D eigenvalue weighted by atomic mass is 10.3. The Morgan fingerprint density at radius 3 is 2.89 bits per heavy atom. The number of aromatic nitrogens is 5. The van der Waals surface area contributed by atoms with Crippen molar-refractivity contribution in [3.63, 3.8) is 0 Å². The minimum Gasteiger partial charge on any atom is -0.353 e. The van der Waals surface area contributed by atoms with Gasteiger partial charge in [-0.1, -0.05) is 0 Å². The van der Waals surface area contributed by atoms with E-state index >= 15 is 0 Å². The lowest BCUT2D eigenvalue weighted by Crippen LogP contribution is -2.48. The highest BCUT2D eigenvalue weighted by molar-refractivity contribution is 7.08. The van der Waals surface area contributed by atoms with Crippen LogP contribution in [0.3, 0.4) is 0 Å². The number of nitrogens with one attached hydrogen (secondary N) is 2. The average Bonchev–Trinajstić information content (AvgIpc) is 3.38. The Morgan fingerprint density at radius 2 is 2.11 bits per heavy atom. The molecule has 4 aromatic heterocycles. The van der Waals surface area contributed by atoms with Gasteiger partial charge in [0.25, 0.3) is 0 Å². The molecule has 0 atom stereocenters. The third kappa shape index (κ3) is 3.14. The molecule has 0 bridgehead atoms. The molecule has 0 unspecified atom stereocenters. The van der Waals surface area contributed by atoms with Gasteiger partial charge in [-0.3, -0.25) is 4.79 Å². The number of anilines is 3. The molecule has 0 spiro atoms. The van der Waals surface area contributed by atoms with E-state index in [0.29, 0.717) is 30.4 Å². The molecule has 0 radical (unpaired) electrons. The number of carbonyl (C=O) groups excluding carboxylic acids is 1. The third-order valence-corrected chi connectivity index (χ3v) is 5.11. The predicted molar refractivity (Wildman–Crippen MR) is 107 cm³/mol. The van der Waals surface area contributed by atoms with E-state index in [9.17, 15) is 4.79 Å². The summed E-state index contributed by atoms with van der Waals surface area (Å²) < 4.78 is 1.72. The molecule has 5 heterocycles. The summed E-state index contributed by atoms with van der Waals surface area (Å²) >= 11 is 1.60. The number of pyridine rings is 1. The SMILES string of the molecule is O=C1CN(c2ccc(Nc3ccc4nnc(-c5ccsc5)n4n3)cn2)CCN1. The number of fused-ring (bicyclic) bond motifs is 1. The molecular weight excluding hydrogens is 376 g/mol. The molecule has 1 aliphatic rings. The smallest absolute Gasteiger partial charge is 0.239 e. The number of rotatable bonds is 4. The summed E-state index contributed by atoms with van der Waals surface area (Å²) in [6.07, 6.45) is 1.74. The van der Waals surface area contributed by atoms with Crippen molar-refractivity contribution in [2.45, 2.75) is 0 Å². The second-order valence-electron chi connectivity index (χ2n) is 6.33. The Labute approximate surface area is 164 Å². The van der Waals surface area contributed by atoms with Gasteiger partial charge in [-0.2, -0.15) is 15.9 Å². The van der Waals surface area contributed by atoms with Crippen LogP contribution >= 0.6 is 11.3 Å². The van der Waals surface area contributed by atoms with Gasteiger partial charge in [0.2, 0.25) is 5.91 Å². The number of carbonyl (C=O) groups is 1. The van der Waals surface area contributed by atoms with E-state index in [2.05, 4.69) is 30.9 Å². The first-order valence-electron chi connectivity index (χ1n) is 8.76. The van der Waals surface area contributed by atoms with Gasteiger partial charge in [0.1, 0.15) is 5.82 Å². The van der Waals surface area contributed by atoms with Crippen LogP contribution in [0.25, 0.3) is 17.0 Å². The number of hydrogen-bond acceptors (Lipinski definition) is 8. The first-order valence-corrected chi connectivity index (χ1v) is 9.70. The minimum atomic E-state index is 0.0168. The lowest BCUT2D eigenvalue weighted by Gasteiger charge is -2.27. The van der Waals surface area contributed by atoms with E-state index < -0.39 is 0 Å². The zero-order valence-electron chi connectivity index (χ0n) is 14.7. The van der Waals surface area contributed by atoms with E-state index in [1.165, 1.54) is 0 Å². The number of hydrogen-bond donors (Lipinski definition) is 2. The van der Waals surface area contributed by atoms with Crippen molar-refractivity contribution in [2.24, 2.45) is 0 Å². The summed E-state index contributed by atoms with van der Waals surface area (Å²) in [5, 5.41) is 23.1. The average molecular weight is 392 g/mol. The summed E-state index contributed by atoms with van der Waals surface area (Å²) in [4.78, 5) is 18.0. The minimum absolute atomic E-state index is 0.0168. The fourth-order valence-corrected chi connectivity index (χ4v) is 3.69. The van der Waals surface area contributed by atoms with E-state index in [-0.39, 0.29) is 5.91 Å². The Balaban J connectivity index is 1.38. The molecule has 1 fully saturated rings. The van der Waals surface area contributed by atoms with Gasteiger partial charge in [-0.25, -0.2) is 4.98 Å². The maximum absolute atomic E-state index is 11.5. The normalized spacial score (nSPS) is 14.3. The Hall–Kier alpha value is -3.53. The zero-order chi connectivity index (χ0) is 18.9. The van der Waals surface area contributed by atoms with E-state index in [0.717, 1.165) is 23.6 Å². The van der Waals surface area contributed by atoms with E-state index in [1.54, 1.807) is 22.0 Å². The number of amides is 1. The van der Waals surface area contributed by atoms with Gasteiger partial charge in [-0.05, 0) is 35.7 Å². The molecule has 9 nitrogen and oxygen atoms in total. The maximum atomic E-state index is 11.5. The molecule has 140 valence electrons. The van der Waals surface area contributed by atoms with Crippen LogP contribution in [-0.2, 0) is 4.79 Å².